The fourth-order valence-electron chi connectivity index (χ4n) is 1.69. The minimum Gasteiger partial charge on any atom is -0.322 e. The number of rotatable bonds is 3. The predicted molar refractivity (Wildman–Crippen MR) is 86.7 cm³/mol. The minimum absolute atomic E-state index is 0.146. The van der Waals surface area contributed by atoms with Gasteiger partial charge < -0.3 is 5.32 Å². The summed E-state index contributed by atoms with van der Waals surface area (Å²) in [6.07, 6.45) is 1.11. The topological polar surface area (TPSA) is 63.2 Å². The number of sulfone groups is 1. The van der Waals surface area contributed by atoms with Crippen LogP contribution in [-0.4, -0.2) is 20.6 Å². The van der Waals surface area contributed by atoms with E-state index >= 15 is 0 Å². The van der Waals surface area contributed by atoms with Gasteiger partial charge in [-0.15, -0.1) is 0 Å². The molecule has 0 fully saturated rings. The summed E-state index contributed by atoms with van der Waals surface area (Å²) >= 11 is 9.15. The van der Waals surface area contributed by atoms with E-state index in [1.807, 2.05) is 0 Å². The zero-order valence-corrected chi connectivity index (χ0v) is 14.1. The Kier molecular flexibility index (Phi) is 4.70. The first-order valence-electron chi connectivity index (χ1n) is 5.83. The maximum absolute atomic E-state index is 12.1. The smallest absolute Gasteiger partial charge is 0.255 e. The molecular formula is C14H11BrClNO3S. The van der Waals surface area contributed by atoms with Crippen LogP contribution < -0.4 is 5.32 Å². The lowest BCUT2D eigenvalue weighted by Gasteiger charge is -2.07. The van der Waals surface area contributed by atoms with Crippen LogP contribution in [0.5, 0.6) is 0 Å². The fourth-order valence-corrected chi connectivity index (χ4v) is 3.22. The van der Waals surface area contributed by atoms with Crippen molar-refractivity contribution in [2.24, 2.45) is 0 Å². The summed E-state index contributed by atoms with van der Waals surface area (Å²) in [5.74, 6) is -0.371. The molecule has 0 spiro atoms. The molecule has 0 saturated carbocycles. The third kappa shape index (κ3) is 4.30. The van der Waals surface area contributed by atoms with E-state index in [9.17, 15) is 13.2 Å². The number of hydrogen-bond acceptors (Lipinski definition) is 3. The highest BCUT2D eigenvalue weighted by atomic mass is 79.9. The molecule has 0 aromatic heterocycles. The Bertz CT molecular complexity index is 785. The number of halogens is 2. The standard InChI is InChI=1S/C14H11BrClNO3S/c1-21(19,20)13-4-2-3-12(8-13)17-14(18)9-5-10(15)7-11(16)6-9/h2-8H,1H3,(H,17,18). The molecule has 4 nitrogen and oxygen atoms in total. The molecular weight excluding hydrogens is 378 g/mol. The van der Waals surface area contributed by atoms with Gasteiger partial charge in [-0.3, -0.25) is 4.79 Å². The molecule has 7 heteroatoms. The molecule has 0 heterocycles. The molecule has 0 aliphatic rings. The number of amides is 1. The van der Waals surface area contributed by atoms with Crippen molar-refractivity contribution in [1.82, 2.24) is 0 Å². The molecule has 1 N–H and O–H groups in total. The van der Waals surface area contributed by atoms with E-state index in [2.05, 4.69) is 21.2 Å². The van der Waals surface area contributed by atoms with Crippen molar-refractivity contribution in [3.63, 3.8) is 0 Å². The van der Waals surface area contributed by atoms with Crippen molar-refractivity contribution in [3.8, 4) is 0 Å². The van der Waals surface area contributed by atoms with Crippen LogP contribution in [-0.2, 0) is 9.84 Å². The zero-order valence-electron chi connectivity index (χ0n) is 10.9. The molecule has 2 aromatic carbocycles. The van der Waals surface area contributed by atoms with E-state index in [1.54, 1.807) is 24.3 Å². The van der Waals surface area contributed by atoms with Gasteiger partial charge in [-0.1, -0.05) is 33.6 Å². The van der Waals surface area contributed by atoms with Crippen molar-refractivity contribution < 1.29 is 13.2 Å². The van der Waals surface area contributed by atoms with Gasteiger partial charge in [-0.2, -0.15) is 0 Å². The summed E-state index contributed by atoms with van der Waals surface area (Å²) in [6.45, 7) is 0. The van der Waals surface area contributed by atoms with Gasteiger partial charge in [-0.05, 0) is 36.4 Å². The Morgan fingerprint density at radius 1 is 1.19 bits per heavy atom. The van der Waals surface area contributed by atoms with Crippen LogP contribution in [0.1, 0.15) is 10.4 Å². The lowest BCUT2D eigenvalue weighted by atomic mass is 10.2. The van der Waals surface area contributed by atoms with Crippen LogP contribution in [0.3, 0.4) is 0 Å². The van der Waals surface area contributed by atoms with Gasteiger partial charge in [0.1, 0.15) is 0 Å². The average Bonchev–Trinajstić information content (AvgIpc) is 2.37. The highest BCUT2D eigenvalue weighted by molar-refractivity contribution is 9.10. The molecule has 0 aliphatic heterocycles. The second kappa shape index (κ2) is 6.17. The molecule has 2 aromatic rings. The first-order chi connectivity index (χ1) is 9.75. The first kappa shape index (κ1) is 16.0. The van der Waals surface area contributed by atoms with E-state index in [4.69, 9.17) is 11.6 Å². The van der Waals surface area contributed by atoms with Crippen LogP contribution in [0.2, 0.25) is 5.02 Å². The molecule has 0 radical (unpaired) electrons. The lowest BCUT2D eigenvalue weighted by molar-refractivity contribution is 0.102. The van der Waals surface area contributed by atoms with Gasteiger partial charge in [-0.25, -0.2) is 8.42 Å². The van der Waals surface area contributed by atoms with Gasteiger partial charge in [0, 0.05) is 27.0 Å². The Labute approximate surface area is 136 Å². The molecule has 21 heavy (non-hydrogen) atoms. The number of hydrogen-bond donors (Lipinski definition) is 1. The Morgan fingerprint density at radius 2 is 1.90 bits per heavy atom. The van der Waals surface area contributed by atoms with Crippen LogP contribution in [0.4, 0.5) is 5.69 Å². The SMILES string of the molecule is CS(=O)(=O)c1cccc(NC(=O)c2cc(Cl)cc(Br)c2)c1. The summed E-state index contributed by atoms with van der Waals surface area (Å²) in [5.41, 5.74) is 0.776. The number of carbonyl (C=O) groups is 1. The van der Waals surface area contributed by atoms with Gasteiger partial charge in [0.05, 0.1) is 4.90 Å². The van der Waals surface area contributed by atoms with Crippen LogP contribution in [0.15, 0.2) is 51.8 Å². The number of carbonyl (C=O) groups excluding carboxylic acids is 1. The fraction of sp³-hybridized carbons (Fsp3) is 0.0714. The van der Waals surface area contributed by atoms with Crippen LogP contribution in [0, 0.1) is 0 Å². The number of anilines is 1. The quantitative estimate of drug-likeness (QED) is 0.871. The second-order valence-corrected chi connectivity index (χ2v) is 7.78. The summed E-state index contributed by atoms with van der Waals surface area (Å²) in [6, 6.07) is 10.9. The summed E-state index contributed by atoms with van der Waals surface area (Å²) in [5, 5.41) is 3.07. The maximum atomic E-state index is 12.1. The largest absolute Gasteiger partial charge is 0.322 e. The molecule has 2 rings (SSSR count). The number of benzene rings is 2. The summed E-state index contributed by atoms with van der Waals surface area (Å²) in [4.78, 5) is 12.3. The third-order valence-electron chi connectivity index (χ3n) is 2.64. The highest BCUT2D eigenvalue weighted by Crippen LogP contribution is 2.21. The number of nitrogens with one attached hydrogen (secondary N) is 1. The molecule has 0 saturated heterocycles. The second-order valence-electron chi connectivity index (χ2n) is 4.41. The first-order valence-corrected chi connectivity index (χ1v) is 8.89. The molecule has 0 bridgehead atoms. The summed E-state index contributed by atoms with van der Waals surface area (Å²) < 4.78 is 23.7. The Balaban J connectivity index is 2.28. The van der Waals surface area contributed by atoms with Gasteiger partial charge >= 0.3 is 0 Å². The average molecular weight is 389 g/mol. The maximum Gasteiger partial charge on any atom is 0.255 e. The van der Waals surface area contributed by atoms with Gasteiger partial charge in [0.2, 0.25) is 0 Å². The molecule has 0 atom stereocenters. The Morgan fingerprint density at radius 3 is 2.52 bits per heavy atom. The Hall–Kier alpha value is -1.37. The predicted octanol–water partition coefficient (Wildman–Crippen LogP) is 3.76. The molecule has 1 amide bonds. The van der Waals surface area contributed by atoms with Crippen molar-refractivity contribution in [2.75, 3.05) is 11.6 Å². The normalized spacial score (nSPS) is 11.2. The van der Waals surface area contributed by atoms with E-state index in [0.717, 1.165) is 6.26 Å². The van der Waals surface area contributed by atoms with Crippen molar-refractivity contribution in [1.29, 1.82) is 0 Å². The van der Waals surface area contributed by atoms with E-state index in [1.165, 1.54) is 18.2 Å². The molecule has 0 unspecified atom stereocenters. The van der Waals surface area contributed by atoms with E-state index in [-0.39, 0.29) is 10.8 Å². The third-order valence-corrected chi connectivity index (χ3v) is 4.43. The lowest BCUT2D eigenvalue weighted by Crippen LogP contribution is -2.12. The van der Waals surface area contributed by atoms with Crippen molar-refractivity contribution in [3.05, 3.63) is 57.5 Å². The van der Waals surface area contributed by atoms with Crippen molar-refractivity contribution >= 4 is 49.0 Å². The van der Waals surface area contributed by atoms with Crippen LogP contribution in [0.25, 0.3) is 0 Å². The summed E-state index contributed by atoms with van der Waals surface area (Å²) in [7, 11) is -3.32. The van der Waals surface area contributed by atoms with Gasteiger partial charge in [0.15, 0.2) is 9.84 Å². The molecule has 110 valence electrons. The van der Waals surface area contributed by atoms with E-state index < -0.39 is 9.84 Å². The van der Waals surface area contributed by atoms with Gasteiger partial charge in [0.25, 0.3) is 5.91 Å². The molecule has 0 aliphatic carbocycles. The zero-order chi connectivity index (χ0) is 15.6. The highest BCUT2D eigenvalue weighted by Gasteiger charge is 2.11. The van der Waals surface area contributed by atoms with Crippen LogP contribution >= 0.6 is 27.5 Å². The van der Waals surface area contributed by atoms with Crippen molar-refractivity contribution in [2.45, 2.75) is 4.90 Å². The minimum atomic E-state index is -3.32. The van der Waals surface area contributed by atoms with E-state index in [0.29, 0.717) is 20.7 Å². The monoisotopic (exact) mass is 387 g/mol.